The van der Waals surface area contributed by atoms with Crippen molar-refractivity contribution in [2.45, 2.75) is 13.0 Å². The van der Waals surface area contributed by atoms with E-state index in [0.717, 1.165) is 15.8 Å². The number of ether oxygens (including phenoxy) is 1. The number of carbonyl (C=O) groups excluding carboxylic acids is 1. The van der Waals surface area contributed by atoms with Gasteiger partial charge in [-0.15, -0.1) is 0 Å². The average Bonchev–Trinajstić information content (AvgIpc) is 2.60. The molecule has 0 aliphatic carbocycles. The minimum Gasteiger partial charge on any atom is -0.496 e. The van der Waals surface area contributed by atoms with E-state index in [-0.39, 0.29) is 24.2 Å². The molecule has 2 rings (SSSR count). The van der Waals surface area contributed by atoms with Crippen LogP contribution in [0.4, 0.5) is 11.4 Å². The number of hydrogen-bond donors (Lipinski definition) is 2. The van der Waals surface area contributed by atoms with Gasteiger partial charge in [0.25, 0.3) is 11.6 Å². The quantitative estimate of drug-likeness (QED) is 0.543. The summed E-state index contributed by atoms with van der Waals surface area (Å²) in [6.45, 7) is 2.25. The van der Waals surface area contributed by atoms with Gasteiger partial charge in [0, 0.05) is 23.4 Å². The van der Waals surface area contributed by atoms with Gasteiger partial charge in [0.05, 0.1) is 16.5 Å². The summed E-state index contributed by atoms with van der Waals surface area (Å²) in [7, 11) is 1.61. The molecule has 0 radical (unpaired) electrons. The van der Waals surface area contributed by atoms with Crippen LogP contribution in [0.2, 0.25) is 0 Å². The van der Waals surface area contributed by atoms with Crippen LogP contribution < -0.4 is 15.4 Å². The summed E-state index contributed by atoms with van der Waals surface area (Å²) in [5.41, 5.74) is 1.59. The number of benzene rings is 2. The van der Waals surface area contributed by atoms with Crippen molar-refractivity contribution < 1.29 is 19.8 Å². The van der Waals surface area contributed by atoms with E-state index in [4.69, 9.17) is 4.74 Å². The van der Waals surface area contributed by atoms with E-state index in [1.54, 1.807) is 7.11 Å². The summed E-state index contributed by atoms with van der Waals surface area (Å²) in [5, 5.41) is 15.2. The Balaban J connectivity index is 1.88. The number of hydrogen-bond acceptors (Lipinski definition) is 4. The zero-order valence-electron chi connectivity index (χ0n) is 13.9. The molecule has 0 saturated carbocycles. The number of amides is 1. The van der Waals surface area contributed by atoms with Crippen LogP contribution in [0, 0.1) is 10.1 Å². The molecule has 3 N–H and O–H groups in total. The van der Waals surface area contributed by atoms with Crippen molar-refractivity contribution in [3.8, 4) is 5.75 Å². The highest BCUT2D eigenvalue weighted by Crippen LogP contribution is 2.27. The SMILES string of the molecule is COc1ccc([C@@H](C)[NH2+]CC(=O)Nc2ccc([N+](=O)[O-])cc2)cc1Br. The monoisotopic (exact) mass is 408 g/mol. The number of carbonyl (C=O) groups is 1. The van der Waals surface area contributed by atoms with Crippen LogP contribution in [0.5, 0.6) is 5.75 Å². The van der Waals surface area contributed by atoms with Gasteiger partial charge in [-0.2, -0.15) is 0 Å². The second-order valence-electron chi connectivity index (χ2n) is 5.47. The summed E-state index contributed by atoms with van der Waals surface area (Å²) >= 11 is 3.45. The molecule has 0 fully saturated rings. The summed E-state index contributed by atoms with van der Waals surface area (Å²) in [4.78, 5) is 22.2. The minimum atomic E-state index is -0.478. The molecule has 0 bridgehead atoms. The smallest absolute Gasteiger partial charge is 0.279 e. The first kappa shape index (κ1) is 18.9. The van der Waals surface area contributed by atoms with E-state index in [1.807, 2.05) is 30.4 Å². The molecule has 8 heteroatoms. The second kappa shape index (κ2) is 8.59. The van der Waals surface area contributed by atoms with Gasteiger partial charge in [0.15, 0.2) is 6.54 Å². The van der Waals surface area contributed by atoms with Crippen molar-refractivity contribution in [1.82, 2.24) is 0 Å². The van der Waals surface area contributed by atoms with Gasteiger partial charge in [0.1, 0.15) is 11.8 Å². The van der Waals surface area contributed by atoms with Gasteiger partial charge < -0.3 is 15.4 Å². The number of nitrogens with one attached hydrogen (secondary N) is 1. The third-order valence-electron chi connectivity index (χ3n) is 3.72. The Hall–Kier alpha value is -2.45. The topological polar surface area (TPSA) is 98.1 Å². The molecule has 0 aliphatic heterocycles. The lowest BCUT2D eigenvalue weighted by atomic mass is 10.1. The maximum atomic E-state index is 12.0. The van der Waals surface area contributed by atoms with Crippen LogP contribution in [0.25, 0.3) is 0 Å². The number of rotatable bonds is 7. The van der Waals surface area contributed by atoms with Gasteiger partial charge in [-0.1, -0.05) is 0 Å². The summed E-state index contributed by atoms with van der Waals surface area (Å²) in [5.74, 6) is 0.583. The van der Waals surface area contributed by atoms with Crippen LogP contribution >= 0.6 is 15.9 Å². The Morgan fingerprint density at radius 2 is 2.00 bits per heavy atom. The standard InChI is InChI=1S/C17H18BrN3O4/c1-11(12-3-8-16(25-2)15(18)9-12)19-10-17(22)20-13-4-6-14(7-5-13)21(23)24/h3-9,11,19H,10H2,1-2H3,(H,20,22)/p+1/t11-/m1/s1. The van der Waals surface area contributed by atoms with Crippen molar-refractivity contribution in [2.24, 2.45) is 0 Å². The molecule has 1 atom stereocenters. The number of nitrogens with zero attached hydrogens (tertiary/aromatic N) is 1. The maximum absolute atomic E-state index is 12.0. The fraction of sp³-hybridized carbons (Fsp3) is 0.235. The first-order valence-electron chi connectivity index (χ1n) is 7.61. The molecular weight excluding hydrogens is 390 g/mol. The number of non-ortho nitro benzene ring substituents is 1. The molecular formula is C17H19BrN3O4+. The molecule has 0 aromatic heterocycles. The summed E-state index contributed by atoms with van der Waals surface area (Å²) in [6, 6.07) is 11.6. The van der Waals surface area contributed by atoms with Gasteiger partial charge in [-0.3, -0.25) is 14.9 Å². The first-order valence-corrected chi connectivity index (χ1v) is 8.41. The lowest BCUT2D eigenvalue weighted by molar-refractivity contribution is -0.682. The molecule has 0 spiro atoms. The van der Waals surface area contributed by atoms with Crippen molar-refractivity contribution in [3.63, 3.8) is 0 Å². The van der Waals surface area contributed by atoms with Gasteiger partial charge >= 0.3 is 0 Å². The Labute approximate surface area is 153 Å². The van der Waals surface area contributed by atoms with Crippen molar-refractivity contribution >= 4 is 33.2 Å². The van der Waals surface area contributed by atoms with Crippen LogP contribution in [-0.2, 0) is 4.79 Å². The predicted molar refractivity (Wildman–Crippen MR) is 97.6 cm³/mol. The maximum Gasteiger partial charge on any atom is 0.279 e. The van der Waals surface area contributed by atoms with E-state index in [1.165, 1.54) is 24.3 Å². The molecule has 2 aromatic rings. The highest BCUT2D eigenvalue weighted by molar-refractivity contribution is 9.10. The molecule has 0 aliphatic rings. The minimum absolute atomic E-state index is 0.0109. The highest BCUT2D eigenvalue weighted by atomic mass is 79.9. The highest BCUT2D eigenvalue weighted by Gasteiger charge is 2.14. The van der Waals surface area contributed by atoms with Gasteiger partial charge in [-0.25, -0.2) is 0 Å². The summed E-state index contributed by atoms with van der Waals surface area (Å²) < 4.78 is 6.07. The zero-order chi connectivity index (χ0) is 18.4. The number of quaternary nitrogens is 1. The molecule has 2 aromatic carbocycles. The third kappa shape index (κ3) is 5.27. The molecule has 7 nitrogen and oxygen atoms in total. The van der Waals surface area contributed by atoms with Gasteiger partial charge in [0.2, 0.25) is 0 Å². The predicted octanol–water partition coefficient (Wildman–Crippen LogP) is 2.63. The van der Waals surface area contributed by atoms with E-state index in [9.17, 15) is 14.9 Å². The Bertz CT molecular complexity index is 765. The van der Waals surface area contributed by atoms with Crippen LogP contribution in [0.1, 0.15) is 18.5 Å². The molecule has 1 amide bonds. The zero-order valence-corrected chi connectivity index (χ0v) is 15.4. The third-order valence-corrected chi connectivity index (χ3v) is 4.34. The molecule has 0 heterocycles. The number of halogens is 1. The first-order chi connectivity index (χ1) is 11.9. The molecule has 0 unspecified atom stereocenters. The Morgan fingerprint density at radius 1 is 1.32 bits per heavy atom. The van der Waals surface area contributed by atoms with E-state index < -0.39 is 4.92 Å². The summed E-state index contributed by atoms with van der Waals surface area (Å²) in [6.07, 6.45) is 0. The van der Waals surface area contributed by atoms with E-state index in [0.29, 0.717) is 5.69 Å². The van der Waals surface area contributed by atoms with Crippen molar-refractivity contribution in [1.29, 1.82) is 0 Å². The molecule has 132 valence electrons. The van der Waals surface area contributed by atoms with Crippen LogP contribution in [0.15, 0.2) is 46.9 Å². The normalized spacial score (nSPS) is 11.6. The Kier molecular flexibility index (Phi) is 6.49. The largest absolute Gasteiger partial charge is 0.496 e. The Morgan fingerprint density at radius 3 is 2.56 bits per heavy atom. The van der Waals surface area contributed by atoms with E-state index >= 15 is 0 Å². The fourth-order valence-corrected chi connectivity index (χ4v) is 2.82. The van der Waals surface area contributed by atoms with E-state index in [2.05, 4.69) is 21.2 Å². The van der Waals surface area contributed by atoms with Crippen LogP contribution in [-0.4, -0.2) is 24.5 Å². The number of nitrogens with two attached hydrogens (primary N) is 1. The number of methoxy groups -OCH3 is 1. The number of anilines is 1. The average molecular weight is 409 g/mol. The van der Waals surface area contributed by atoms with Gasteiger partial charge in [-0.05, 0) is 53.2 Å². The number of nitro benzene ring substituents is 1. The molecule has 25 heavy (non-hydrogen) atoms. The lowest BCUT2D eigenvalue weighted by Gasteiger charge is -2.13. The molecule has 0 saturated heterocycles. The van der Waals surface area contributed by atoms with Crippen LogP contribution in [0.3, 0.4) is 0 Å². The lowest BCUT2D eigenvalue weighted by Crippen LogP contribution is -2.86. The van der Waals surface area contributed by atoms with Crippen molar-refractivity contribution in [3.05, 3.63) is 62.6 Å². The van der Waals surface area contributed by atoms with Crippen molar-refractivity contribution in [2.75, 3.05) is 19.0 Å². The fourth-order valence-electron chi connectivity index (χ4n) is 2.26. The number of nitro groups is 1. The second-order valence-corrected chi connectivity index (χ2v) is 6.33.